The zero-order chi connectivity index (χ0) is 18.8. The number of para-hydroxylation sites is 2. The van der Waals surface area contributed by atoms with Crippen LogP contribution in [0.5, 0.6) is 0 Å². The summed E-state index contributed by atoms with van der Waals surface area (Å²) in [5, 5.41) is 11.1. The number of carbonyl (C=O) groups is 1. The van der Waals surface area contributed by atoms with Gasteiger partial charge in [-0.3, -0.25) is 4.79 Å². The first-order chi connectivity index (χ1) is 13.2. The van der Waals surface area contributed by atoms with E-state index in [2.05, 4.69) is 17.1 Å². The number of amides is 1. The Morgan fingerprint density at radius 1 is 1.26 bits per heavy atom. The zero-order valence-electron chi connectivity index (χ0n) is 15.1. The van der Waals surface area contributed by atoms with E-state index in [9.17, 15) is 10.1 Å². The lowest BCUT2D eigenvalue weighted by Crippen LogP contribution is -2.36. The summed E-state index contributed by atoms with van der Waals surface area (Å²) in [7, 11) is 0. The van der Waals surface area contributed by atoms with Gasteiger partial charge >= 0.3 is 0 Å². The van der Waals surface area contributed by atoms with Crippen molar-refractivity contribution in [2.24, 2.45) is 0 Å². The van der Waals surface area contributed by atoms with Gasteiger partial charge in [-0.05, 0) is 43.0 Å². The van der Waals surface area contributed by atoms with Crippen LogP contribution in [-0.2, 0) is 11.2 Å². The quantitative estimate of drug-likeness (QED) is 0.635. The van der Waals surface area contributed by atoms with Crippen LogP contribution < -0.4 is 4.90 Å². The average molecular weight is 373 g/mol. The number of nitriles is 1. The summed E-state index contributed by atoms with van der Waals surface area (Å²) in [5.74, 6) is 0.329. The summed E-state index contributed by atoms with van der Waals surface area (Å²) in [6.07, 6.45) is 1.99. The molecule has 1 amide bonds. The average Bonchev–Trinajstić information content (AvgIpc) is 2.71. The third-order valence-electron chi connectivity index (χ3n) is 4.88. The minimum Gasteiger partial charge on any atom is -0.311 e. The second kappa shape index (κ2) is 7.42. The molecule has 27 heavy (non-hydrogen) atoms. The molecule has 0 unspecified atom stereocenters. The third kappa shape index (κ3) is 3.41. The smallest absolute Gasteiger partial charge is 0.237 e. The van der Waals surface area contributed by atoms with Gasteiger partial charge in [-0.1, -0.05) is 48.2 Å². The number of hydrogen-bond donors (Lipinski definition) is 0. The van der Waals surface area contributed by atoms with Crippen LogP contribution >= 0.6 is 11.8 Å². The van der Waals surface area contributed by atoms with Crippen LogP contribution in [0.4, 0.5) is 5.69 Å². The first-order valence-electron chi connectivity index (χ1n) is 8.99. The highest BCUT2D eigenvalue weighted by Gasteiger charge is 2.22. The molecule has 4 nitrogen and oxygen atoms in total. The molecule has 1 aliphatic heterocycles. The number of rotatable bonds is 3. The van der Waals surface area contributed by atoms with E-state index in [0.29, 0.717) is 10.6 Å². The highest BCUT2D eigenvalue weighted by atomic mass is 32.2. The Morgan fingerprint density at radius 3 is 2.96 bits per heavy atom. The van der Waals surface area contributed by atoms with Crippen LogP contribution in [0.15, 0.2) is 53.6 Å². The van der Waals surface area contributed by atoms with E-state index in [4.69, 9.17) is 0 Å². The molecule has 0 saturated carbocycles. The summed E-state index contributed by atoms with van der Waals surface area (Å²) in [5.41, 5.74) is 4.70. The van der Waals surface area contributed by atoms with E-state index in [1.807, 2.05) is 54.3 Å². The van der Waals surface area contributed by atoms with Gasteiger partial charge in [-0.2, -0.15) is 5.26 Å². The minimum atomic E-state index is 0.0581. The zero-order valence-corrected chi connectivity index (χ0v) is 15.9. The first-order valence-corrected chi connectivity index (χ1v) is 9.97. The topological polar surface area (TPSA) is 57.0 Å². The minimum absolute atomic E-state index is 0.0581. The SMILES string of the molecule is Cc1cccc2cc(C#N)c(SCC(=O)N3CCCc4ccccc43)nc12. The van der Waals surface area contributed by atoms with E-state index in [-0.39, 0.29) is 11.7 Å². The molecule has 134 valence electrons. The van der Waals surface area contributed by atoms with Crippen LogP contribution in [0.3, 0.4) is 0 Å². The lowest BCUT2D eigenvalue weighted by molar-refractivity contribution is -0.116. The van der Waals surface area contributed by atoms with E-state index in [1.54, 1.807) is 0 Å². The predicted molar refractivity (Wildman–Crippen MR) is 109 cm³/mol. The maximum absolute atomic E-state index is 12.9. The number of hydrogen-bond acceptors (Lipinski definition) is 4. The standard InChI is InChI=1S/C22H19N3OS/c1-15-6-4-8-17-12-18(13-23)22(24-21(15)17)27-14-20(26)25-11-5-9-16-7-2-3-10-19(16)25/h2-4,6-8,10,12H,5,9,11,14H2,1H3. The number of thioether (sulfide) groups is 1. The summed E-state index contributed by atoms with van der Waals surface area (Å²) in [6, 6.07) is 18.1. The molecule has 2 aromatic carbocycles. The molecule has 0 atom stereocenters. The van der Waals surface area contributed by atoms with Gasteiger partial charge in [0.25, 0.3) is 0 Å². The van der Waals surface area contributed by atoms with Crippen molar-refractivity contribution in [2.45, 2.75) is 24.8 Å². The van der Waals surface area contributed by atoms with Gasteiger partial charge < -0.3 is 4.90 Å². The number of pyridine rings is 1. The molecule has 5 heteroatoms. The summed E-state index contributed by atoms with van der Waals surface area (Å²) in [6.45, 7) is 2.75. The van der Waals surface area contributed by atoms with Crippen LogP contribution in [-0.4, -0.2) is 23.2 Å². The van der Waals surface area contributed by atoms with Crippen molar-refractivity contribution in [1.29, 1.82) is 5.26 Å². The van der Waals surface area contributed by atoms with E-state index < -0.39 is 0 Å². The molecule has 1 aromatic heterocycles. The predicted octanol–water partition coefficient (Wildman–Crippen LogP) is 4.49. The normalized spacial score (nSPS) is 13.3. The Morgan fingerprint density at radius 2 is 2.11 bits per heavy atom. The molecule has 4 rings (SSSR count). The molecule has 0 fully saturated rings. The van der Waals surface area contributed by atoms with E-state index in [1.165, 1.54) is 17.3 Å². The van der Waals surface area contributed by atoms with Gasteiger partial charge in [0, 0.05) is 17.6 Å². The van der Waals surface area contributed by atoms with Crippen molar-refractivity contribution < 1.29 is 4.79 Å². The first kappa shape index (κ1) is 17.6. The monoisotopic (exact) mass is 373 g/mol. The largest absolute Gasteiger partial charge is 0.311 e. The van der Waals surface area contributed by atoms with E-state index in [0.717, 1.165) is 41.5 Å². The fraction of sp³-hybridized carbons (Fsp3) is 0.227. The van der Waals surface area contributed by atoms with Crippen molar-refractivity contribution in [3.8, 4) is 6.07 Å². The van der Waals surface area contributed by atoms with Gasteiger partial charge in [0.15, 0.2) is 0 Å². The van der Waals surface area contributed by atoms with Crippen LogP contribution in [0.1, 0.15) is 23.1 Å². The Bertz CT molecular complexity index is 1070. The van der Waals surface area contributed by atoms with Gasteiger partial charge in [0.1, 0.15) is 11.1 Å². The number of nitrogens with zero attached hydrogens (tertiary/aromatic N) is 3. The number of benzene rings is 2. The lowest BCUT2D eigenvalue weighted by Gasteiger charge is -2.29. The Kier molecular flexibility index (Phi) is 4.83. The molecule has 2 heterocycles. The number of aryl methyl sites for hydroxylation is 2. The highest BCUT2D eigenvalue weighted by molar-refractivity contribution is 8.00. The van der Waals surface area contributed by atoms with Crippen LogP contribution in [0, 0.1) is 18.3 Å². The van der Waals surface area contributed by atoms with Gasteiger partial charge in [0.2, 0.25) is 5.91 Å². The molecular formula is C22H19N3OS. The third-order valence-corrected chi connectivity index (χ3v) is 5.85. The summed E-state index contributed by atoms with van der Waals surface area (Å²) >= 11 is 1.35. The maximum atomic E-state index is 12.9. The second-order valence-corrected chi connectivity index (χ2v) is 7.63. The van der Waals surface area contributed by atoms with Crippen molar-refractivity contribution in [3.05, 3.63) is 65.2 Å². The fourth-order valence-corrected chi connectivity index (χ4v) is 4.35. The molecule has 0 N–H and O–H groups in total. The van der Waals surface area contributed by atoms with Crippen LogP contribution in [0.2, 0.25) is 0 Å². The molecular weight excluding hydrogens is 354 g/mol. The van der Waals surface area contributed by atoms with Crippen molar-refractivity contribution in [2.75, 3.05) is 17.2 Å². The molecule has 0 saturated heterocycles. The van der Waals surface area contributed by atoms with Gasteiger partial charge in [0.05, 0.1) is 16.8 Å². The summed E-state index contributed by atoms with van der Waals surface area (Å²) < 4.78 is 0. The van der Waals surface area contributed by atoms with Crippen molar-refractivity contribution in [3.63, 3.8) is 0 Å². The Balaban J connectivity index is 1.58. The van der Waals surface area contributed by atoms with Crippen molar-refractivity contribution in [1.82, 2.24) is 4.98 Å². The van der Waals surface area contributed by atoms with Crippen molar-refractivity contribution >= 4 is 34.3 Å². The number of carbonyl (C=O) groups excluding carboxylic acids is 1. The molecule has 3 aromatic rings. The lowest BCUT2D eigenvalue weighted by atomic mass is 10.0. The number of anilines is 1. The summed E-state index contributed by atoms with van der Waals surface area (Å²) in [4.78, 5) is 19.4. The fourth-order valence-electron chi connectivity index (χ4n) is 3.52. The Hall–Kier alpha value is -2.84. The number of fused-ring (bicyclic) bond motifs is 2. The van der Waals surface area contributed by atoms with Gasteiger partial charge in [-0.25, -0.2) is 4.98 Å². The maximum Gasteiger partial charge on any atom is 0.237 e. The highest BCUT2D eigenvalue weighted by Crippen LogP contribution is 2.30. The van der Waals surface area contributed by atoms with E-state index >= 15 is 0 Å². The van der Waals surface area contributed by atoms with Crippen LogP contribution in [0.25, 0.3) is 10.9 Å². The molecule has 0 spiro atoms. The van der Waals surface area contributed by atoms with Gasteiger partial charge in [-0.15, -0.1) is 0 Å². The molecule has 0 radical (unpaired) electrons. The second-order valence-electron chi connectivity index (χ2n) is 6.67. The molecule has 0 aliphatic carbocycles. The Labute approximate surface area is 162 Å². The molecule has 1 aliphatic rings. The number of aromatic nitrogens is 1. The molecule has 0 bridgehead atoms.